The topological polar surface area (TPSA) is 56.3 Å². The molecule has 0 radical (unpaired) electrons. The number of methoxy groups -OCH3 is 1. The van der Waals surface area contributed by atoms with E-state index in [-0.39, 0.29) is 0 Å². The van der Waals surface area contributed by atoms with E-state index in [4.69, 9.17) is 9.47 Å². The third-order valence-corrected chi connectivity index (χ3v) is 2.73. The van der Waals surface area contributed by atoms with Crippen molar-refractivity contribution in [2.45, 2.75) is 19.9 Å². The first-order valence-electron chi connectivity index (χ1n) is 6.64. The highest BCUT2D eigenvalue weighted by Crippen LogP contribution is 2.31. The second-order valence-electron chi connectivity index (χ2n) is 4.22. The molecule has 20 heavy (non-hydrogen) atoms. The van der Waals surface area contributed by atoms with Crippen LogP contribution in [0.3, 0.4) is 0 Å². The number of benzene rings is 1. The fraction of sp³-hybridized carbons (Fsp3) is 0.333. The lowest BCUT2D eigenvalue weighted by Crippen LogP contribution is -2.07. The van der Waals surface area contributed by atoms with Gasteiger partial charge in [0.25, 0.3) is 0 Å². The van der Waals surface area contributed by atoms with Crippen molar-refractivity contribution in [3.8, 4) is 11.5 Å². The number of rotatable bonds is 7. The summed E-state index contributed by atoms with van der Waals surface area (Å²) in [5.41, 5.74) is 1.02. The number of anilines is 1. The van der Waals surface area contributed by atoms with Gasteiger partial charge < -0.3 is 14.8 Å². The van der Waals surface area contributed by atoms with Crippen molar-refractivity contribution in [1.29, 1.82) is 0 Å². The summed E-state index contributed by atoms with van der Waals surface area (Å²) in [6.07, 6.45) is 4.36. The number of ether oxygens (including phenoxy) is 2. The number of hydrogen-bond acceptors (Lipinski definition) is 5. The predicted molar refractivity (Wildman–Crippen MR) is 78.1 cm³/mol. The normalized spacial score (nSPS) is 10.1. The van der Waals surface area contributed by atoms with E-state index in [1.54, 1.807) is 25.6 Å². The SMILES string of the molecule is CCCOc1c(CNc2ncccn2)cccc1OC. The maximum absolute atomic E-state index is 5.79. The van der Waals surface area contributed by atoms with Crippen molar-refractivity contribution in [2.75, 3.05) is 19.0 Å². The molecule has 0 saturated heterocycles. The molecule has 106 valence electrons. The first-order chi connectivity index (χ1) is 9.85. The van der Waals surface area contributed by atoms with Crippen LogP contribution in [0.4, 0.5) is 5.95 Å². The Morgan fingerprint density at radius 3 is 2.65 bits per heavy atom. The molecule has 0 aliphatic rings. The van der Waals surface area contributed by atoms with Crippen LogP contribution in [0.5, 0.6) is 11.5 Å². The molecule has 1 heterocycles. The lowest BCUT2D eigenvalue weighted by Gasteiger charge is -2.15. The lowest BCUT2D eigenvalue weighted by molar-refractivity contribution is 0.291. The van der Waals surface area contributed by atoms with Gasteiger partial charge in [0.15, 0.2) is 11.5 Å². The minimum atomic E-state index is 0.584. The molecule has 0 aliphatic heterocycles. The third kappa shape index (κ3) is 3.60. The Balaban J connectivity index is 2.13. The van der Waals surface area contributed by atoms with Gasteiger partial charge in [-0.15, -0.1) is 0 Å². The highest BCUT2D eigenvalue weighted by atomic mass is 16.5. The summed E-state index contributed by atoms with van der Waals surface area (Å²) < 4.78 is 11.1. The second-order valence-corrected chi connectivity index (χ2v) is 4.22. The highest BCUT2D eigenvalue weighted by molar-refractivity contribution is 5.47. The summed E-state index contributed by atoms with van der Waals surface area (Å²) in [6, 6.07) is 7.63. The molecule has 0 spiro atoms. The van der Waals surface area contributed by atoms with E-state index in [9.17, 15) is 0 Å². The Morgan fingerprint density at radius 2 is 1.95 bits per heavy atom. The van der Waals surface area contributed by atoms with Crippen LogP contribution in [0.2, 0.25) is 0 Å². The number of nitrogens with one attached hydrogen (secondary N) is 1. The Hall–Kier alpha value is -2.30. The minimum absolute atomic E-state index is 0.584. The smallest absolute Gasteiger partial charge is 0.222 e. The molecule has 0 atom stereocenters. The zero-order valence-electron chi connectivity index (χ0n) is 11.8. The monoisotopic (exact) mass is 273 g/mol. The molecule has 0 unspecified atom stereocenters. The summed E-state index contributed by atoms with van der Waals surface area (Å²) in [4.78, 5) is 8.27. The predicted octanol–water partition coefficient (Wildman–Crippen LogP) is 2.89. The fourth-order valence-corrected chi connectivity index (χ4v) is 1.79. The Bertz CT molecular complexity index is 532. The average molecular weight is 273 g/mol. The van der Waals surface area contributed by atoms with Crippen molar-refractivity contribution < 1.29 is 9.47 Å². The van der Waals surface area contributed by atoms with Crippen molar-refractivity contribution >= 4 is 5.95 Å². The van der Waals surface area contributed by atoms with Gasteiger partial charge in [0.05, 0.1) is 13.7 Å². The quantitative estimate of drug-likeness (QED) is 0.840. The molecule has 0 saturated carbocycles. The number of hydrogen-bond donors (Lipinski definition) is 1. The summed E-state index contributed by atoms with van der Waals surface area (Å²) in [6.45, 7) is 3.32. The van der Waals surface area contributed by atoms with Gasteiger partial charge in [-0.2, -0.15) is 0 Å². The molecule has 0 amide bonds. The number of para-hydroxylation sites is 1. The molecule has 0 aliphatic carbocycles. The zero-order valence-corrected chi connectivity index (χ0v) is 11.8. The molecule has 1 N–H and O–H groups in total. The summed E-state index contributed by atoms with van der Waals surface area (Å²) in [5, 5.41) is 3.17. The highest BCUT2D eigenvalue weighted by Gasteiger charge is 2.10. The maximum Gasteiger partial charge on any atom is 0.222 e. The van der Waals surface area contributed by atoms with E-state index in [0.29, 0.717) is 19.1 Å². The van der Waals surface area contributed by atoms with Crippen LogP contribution < -0.4 is 14.8 Å². The van der Waals surface area contributed by atoms with Gasteiger partial charge in [-0.1, -0.05) is 19.1 Å². The van der Waals surface area contributed by atoms with Crippen LogP contribution in [0, 0.1) is 0 Å². The van der Waals surface area contributed by atoms with E-state index < -0.39 is 0 Å². The van der Waals surface area contributed by atoms with Crippen LogP contribution in [0.15, 0.2) is 36.7 Å². The molecule has 5 heteroatoms. The number of nitrogens with zero attached hydrogens (tertiary/aromatic N) is 2. The zero-order chi connectivity index (χ0) is 14.2. The Kier molecular flexibility index (Phi) is 5.17. The largest absolute Gasteiger partial charge is 0.493 e. The Labute approximate surface area is 119 Å². The van der Waals surface area contributed by atoms with Gasteiger partial charge in [0.2, 0.25) is 5.95 Å². The molecular weight excluding hydrogens is 254 g/mol. The van der Waals surface area contributed by atoms with Crippen molar-refractivity contribution in [3.63, 3.8) is 0 Å². The van der Waals surface area contributed by atoms with Crippen LogP contribution in [-0.4, -0.2) is 23.7 Å². The summed E-state index contributed by atoms with van der Waals surface area (Å²) >= 11 is 0. The van der Waals surface area contributed by atoms with Crippen LogP contribution in [-0.2, 0) is 6.54 Å². The van der Waals surface area contributed by atoms with Crippen molar-refractivity contribution in [2.24, 2.45) is 0 Å². The molecule has 2 rings (SSSR count). The average Bonchev–Trinajstić information content (AvgIpc) is 2.52. The third-order valence-electron chi connectivity index (χ3n) is 2.73. The first kappa shape index (κ1) is 14.1. The van der Waals surface area contributed by atoms with Gasteiger partial charge in [-0.25, -0.2) is 9.97 Å². The Morgan fingerprint density at radius 1 is 1.15 bits per heavy atom. The molecule has 1 aromatic carbocycles. The summed E-state index contributed by atoms with van der Waals surface area (Å²) in [7, 11) is 1.64. The molecular formula is C15H19N3O2. The van der Waals surface area contributed by atoms with E-state index in [1.165, 1.54) is 0 Å². The molecule has 1 aromatic heterocycles. The minimum Gasteiger partial charge on any atom is -0.493 e. The molecule has 0 bridgehead atoms. The number of aromatic nitrogens is 2. The van der Waals surface area contributed by atoms with Crippen LogP contribution in [0.1, 0.15) is 18.9 Å². The standard InChI is InChI=1S/C15H19N3O2/c1-3-10-20-14-12(6-4-7-13(14)19-2)11-18-15-16-8-5-9-17-15/h4-9H,3,10-11H2,1-2H3,(H,16,17,18). The van der Waals surface area contributed by atoms with E-state index in [0.717, 1.165) is 23.5 Å². The van der Waals surface area contributed by atoms with Gasteiger partial charge in [0.1, 0.15) is 0 Å². The van der Waals surface area contributed by atoms with Crippen LogP contribution >= 0.6 is 0 Å². The van der Waals surface area contributed by atoms with E-state index >= 15 is 0 Å². The second kappa shape index (κ2) is 7.33. The van der Waals surface area contributed by atoms with Gasteiger partial charge in [0, 0.05) is 24.5 Å². The lowest BCUT2D eigenvalue weighted by atomic mass is 10.2. The van der Waals surface area contributed by atoms with Gasteiger partial charge >= 0.3 is 0 Å². The van der Waals surface area contributed by atoms with E-state index in [2.05, 4.69) is 22.2 Å². The maximum atomic E-state index is 5.79. The van der Waals surface area contributed by atoms with Gasteiger partial charge in [-0.3, -0.25) is 0 Å². The van der Waals surface area contributed by atoms with Gasteiger partial charge in [-0.05, 0) is 18.6 Å². The van der Waals surface area contributed by atoms with Crippen LogP contribution in [0.25, 0.3) is 0 Å². The molecule has 2 aromatic rings. The fourth-order valence-electron chi connectivity index (χ4n) is 1.79. The van der Waals surface area contributed by atoms with Crippen molar-refractivity contribution in [1.82, 2.24) is 9.97 Å². The summed E-state index contributed by atoms with van der Waals surface area (Å²) in [5.74, 6) is 2.11. The molecule has 5 nitrogen and oxygen atoms in total. The van der Waals surface area contributed by atoms with E-state index in [1.807, 2.05) is 18.2 Å². The molecule has 0 fully saturated rings. The first-order valence-corrected chi connectivity index (χ1v) is 6.64. The van der Waals surface area contributed by atoms with Crippen molar-refractivity contribution in [3.05, 3.63) is 42.2 Å².